The Hall–Kier alpha value is -2.37. The molecule has 2 amide bonds. The molecule has 6 nitrogen and oxygen atoms in total. The molecule has 0 saturated heterocycles. The minimum Gasteiger partial charge on any atom is -0.480 e. The number of rotatable bonds is 10. The third-order valence-corrected chi connectivity index (χ3v) is 3.71. The quantitative estimate of drug-likeness (QED) is 0.687. The second kappa shape index (κ2) is 10.4. The zero-order valence-corrected chi connectivity index (χ0v) is 14.3. The van der Waals surface area contributed by atoms with Crippen LogP contribution in [0.2, 0.25) is 0 Å². The molecule has 24 heavy (non-hydrogen) atoms. The first-order chi connectivity index (χ1) is 11.5. The Bertz CT molecular complexity index is 545. The van der Waals surface area contributed by atoms with E-state index in [0.29, 0.717) is 13.0 Å². The highest BCUT2D eigenvalue weighted by Gasteiger charge is 2.25. The number of carbonyl (C=O) groups is 3. The summed E-state index contributed by atoms with van der Waals surface area (Å²) in [5.41, 5.74) is 0.875. The Morgan fingerprint density at radius 1 is 1.17 bits per heavy atom. The molecule has 0 spiro atoms. The summed E-state index contributed by atoms with van der Waals surface area (Å²) < 4.78 is 0. The molecule has 0 aliphatic carbocycles. The third kappa shape index (κ3) is 6.81. The molecule has 1 aromatic rings. The first-order valence-electron chi connectivity index (χ1n) is 8.28. The molecule has 0 aliphatic rings. The second-order valence-corrected chi connectivity index (χ2v) is 5.72. The summed E-state index contributed by atoms with van der Waals surface area (Å²) in [4.78, 5) is 36.6. The topological polar surface area (TPSA) is 86.7 Å². The first-order valence-corrected chi connectivity index (χ1v) is 8.28. The van der Waals surface area contributed by atoms with E-state index in [0.717, 1.165) is 12.0 Å². The van der Waals surface area contributed by atoms with Crippen molar-refractivity contribution in [2.24, 2.45) is 0 Å². The smallest absolute Gasteiger partial charge is 0.326 e. The maximum Gasteiger partial charge on any atom is 0.326 e. The standard InChI is InChI=1S/C18H26N2O4/c1-3-12-19-16(21)10-7-11-17(22)20(14(2)18(23)24)13-15-8-5-4-6-9-15/h4-6,8-9,14H,3,7,10-13H2,1-2H3,(H,19,21)(H,23,24). The summed E-state index contributed by atoms with van der Waals surface area (Å²) >= 11 is 0. The van der Waals surface area contributed by atoms with Crippen LogP contribution in [0.5, 0.6) is 0 Å². The van der Waals surface area contributed by atoms with Gasteiger partial charge in [0.1, 0.15) is 6.04 Å². The van der Waals surface area contributed by atoms with E-state index in [1.807, 2.05) is 37.3 Å². The number of hydrogen-bond donors (Lipinski definition) is 2. The highest BCUT2D eigenvalue weighted by Crippen LogP contribution is 2.12. The molecule has 0 aromatic heterocycles. The predicted molar refractivity (Wildman–Crippen MR) is 91.2 cm³/mol. The number of aliphatic carboxylic acids is 1. The van der Waals surface area contributed by atoms with Gasteiger partial charge < -0.3 is 15.3 Å². The normalized spacial score (nSPS) is 11.6. The zero-order chi connectivity index (χ0) is 17.9. The van der Waals surface area contributed by atoms with E-state index < -0.39 is 12.0 Å². The van der Waals surface area contributed by atoms with Crippen molar-refractivity contribution in [2.45, 2.75) is 52.1 Å². The van der Waals surface area contributed by atoms with Crippen molar-refractivity contribution in [3.8, 4) is 0 Å². The molecule has 0 bridgehead atoms. The second-order valence-electron chi connectivity index (χ2n) is 5.72. The molecule has 1 unspecified atom stereocenters. The fourth-order valence-corrected chi connectivity index (χ4v) is 2.25. The van der Waals surface area contributed by atoms with Crippen LogP contribution in [-0.4, -0.2) is 40.4 Å². The number of amides is 2. The van der Waals surface area contributed by atoms with Crippen molar-refractivity contribution in [2.75, 3.05) is 6.54 Å². The van der Waals surface area contributed by atoms with Crippen LogP contribution in [-0.2, 0) is 20.9 Å². The van der Waals surface area contributed by atoms with Gasteiger partial charge in [0.25, 0.3) is 0 Å². The van der Waals surface area contributed by atoms with Gasteiger partial charge in [-0.15, -0.1) is 0 Å². The van der Waals surface area contributed by atoms with Crippen LogP contribution in [0.15, 0.2) is 30.3 Å². The molecule has 0 radical (unpaired) electrons. The van der Waals surface area contributed by atoms with Gasteiger partial charge in [-0.2, -0.15) is 0 Å². The van der Waals surface area contributed by atoms with Crippen LogP contribution in [0.4, 0.5) is 0 Å². The minimum atomic E-state index is -1.04. The molecule has 0 heterocycles. The van der Waals surface area contributed by atoms with E-state index in [1.165, 1.54) is 11.8 Å². The summed E-state index contributed by atoms with van der Waals surface area (Å²) in [6.07, 6.45) is 1.70. The van der Waals surface area contributed by atoms with Gasteiger partial charge in [0.15, 0.2) is 0 Å². The van der Waals surface area contributed by atoms with Crippen LogP contribution in [0, 0.1) is 0 Å². The first kappa shape index (κ1) is 19.7. The Morgan fingerprint density at radius 3 is 2.42 bits per heavy atom. The zero-order valence-electron chi connectivity index (χ0n) is 14.3. The Kier molecular flexibility index (Phi) is 8.54. The molecule has 0 aliphatic heterocycles. The number of nitrogens with zero attached hydrogens (tertiary/aromatic N) is 1. The van der Waals surface area contributed by atoms with E-state index in [2.05, 4.69) is 5.32 Å². The van der Waals surface area contributed by atoms with Crippen LogP contribution >= 0.6 is 0 Å². The summed E-state index contributed by atoms with van der Waals surface area (Å²) in [6.45, 7) is 4.34. The molecular weight excluding hydrogens is 308 g/mol. The average molecular weight is 334 g/mol. The molecule has 0 saturated carbocycles. The van der Waals surface area contributed by atoms with Crippen LogP contribution in [0.1, 0.15) is 45.1 Å². The lowest BCUT2D eigenvalue weighted by Gasteiger charge is -2.26. The highest BCUT2D eigenvalue weighted by atomic mass is 16.4. The average Bonchev–Trinajstić information content (AvgIpc) is 2.57. The molecule has 1 aromatic carbocycles. The molecule has 132 valence electrons. The fraction of sp³-hybridized carbons (Fsp3) is 0.500. The number of carbonyl (C=O) groups excluding carboxylic acids is 2. The van der Waals surface area contributed by atoms with Gasteiger partial charge in [-0.1, -0.05) is 37.3 Å². The van der Waals surface area contributed by atoms with Crippen molar-refractivity contribution >= 4 is 17.8 Å². The van der Waals surface area contributed by atoms with Gasteiger partial charge in [-0.05, 0) is 25.3 Å². The molecule has 1 rings (SSSR count). The lowest BCUT2D eigenvalue weighted by Crippen LogP contribution is -2.42. The van der Waals surface area contributed by atoms with E-state index in [1.54, 1.807) is 0 Å². The molecule has 1 atom stereocenters. The summed E-state index contributed by atoms with van der Waals surface area (Å²) in [6, 6.07) is 8.36. The van der Waals surface area contributed by atoms with Gasteiger partial charge in [0, 0.05) is 25.9 Å². The number of carboxylic acids is 1. The monoisotopic (exact) mass is 334 g/mol. The summed E-state index contributed by atoms with van der Waals surface area (Å²) in [7, 11) is 0. The summed E-state index contributed by atoms with van der Waals surface area (Å²) in [5, 5.41) is 12.0. The molecular formula is C18H26N2O4. The van der Waals surface area contributed by atoms with E-state index in [4.69, 9.17) is 0 Å². The van der Waals surface area contributed by atoms with Crippen LogP contribution in [0.3, 0.4) is 0 Å². The Labute approximate surface area is 142 Å². The van der Waals surface area contributed by atoms with Crippen molar-refractivity contribution in [3.63, 3.8) is 0 Å². The summed E-state index contributed by atoms with van der Waals surface area (Å²) in [5.74, 6) is -1.37. The maximum absolute atomic E-state index is 12.4. The molecule has 2 N–H and O–H groups in total. The predicted octanol–water partition coefficient (Wildman–Crippen LogP) is 2.18. The largest absolute Gasteiger partial charge is 0.480 e. The SMILES string of the molecule is CCCNC(=O)CCCC(=O)N(Cc1ccccc1)C(C)C(=O)O. The lowest BCUT2D eigenvalue weighted by molar-refractivity contribution is -0.150. The van der Waals surface area contributed by atoms with Crippen LogP contribution in [0.25, 0.3) is 0 Å². The molecule has 6 heteroatoms. The molecule has 0 fully saturated rings. The van der Waals surface area contributed by atoms with Crippen molar-refractivity contribution in [1.29, 1.82) is 0 Å². The fourth-order valence-electron chi connectivity index (χ4n) is 2.25. The lowest BCUT2D eigenvalue weighted by atomic mass is 10.1. The minimum absolute atomic E-state index is 0.0782. The number of carboxylic acid groups (broad SMARTS) is 1. The number of hydrogen-bond acceptors (Lipinski definition) is 3. The Balaban J connectivity index is 2.60. The maximum atomic E-state index is 12.4. The van der Waals surface area contributed by atoms with Gasteiger partial charge in [-0.3, -0.25) is 9.59 Å². The van der Waals surface area contributed by atoms with Crippen molar-refractivity contribution < 1.29 is 19.5 Å². The Morgan fingerprint density at radius 2 is 1.83 bits per heavy atom. The third-order valence-electron chi connectivity index (χ3n) is 3.71. The van der Waals surface area contributed by atoms with Crippen LogP contribution < -0.4 is 5.32 Å². The number of nitrogens with one attached hydrogen (secondary N) is 1. The van der Waals surface area contributed by atoms with Gasteiger partial charge in [0.05, 0.1) is 0 Å². The van der Waals surface area contributed by atoms with Gasteiger partial charge in [0.2, 0.25) is 11.8 Å². The van der Waals surface area contributed by atoms with E-state index in [9.17, 15) is 19.5 Å². The van der Waals surface area contributed by atoms with E-state index >= 15 is 0 Å². The van der Waals surface area contributed by atoms with Gasteiger partial charge in [-0.25, -0.2) is 4.79 Å². The van der Waals surface area contributed by atoms with E-state index in [-0.39, 0.29) is 31.2 Å². The highest BCUT2D eigenvalue weighted by molar-refractivity contribution is 5.84. The number of benzene rings is 1. The van der Waals surface area contributed by atoms with Crippen molar-refractivity contribution in [3.05, 3.63) is 35.9 Å². The van der Waals surface area contributed by atoms with Crippen molar-refractivity contribution in [1.82, 2.24) is 10.2 Å². The van der Waals surface area contributed by atoms with Gasteiger partial charge >= 0.3 is 5.97 Å².